The maximum Gasteiger partial charge on any atom is 0.306 e. The van der Waals surface area contributed by atoms with Gasteiger partial charge in [-0.05, 0) is 48.4 Å². The molecule has 2 heterocycles. The fourth-order valence-electron chi connectivity index (χ4n) is 4.13. The second-order valence-corrected chi connectivity index (χ2v) is 8.16. The lowest BCUT2D eigenvalue weighted by Crippen LogP contribution is -2.40. The number of carbonyl (C=O) groups excluding carboxylic acids is 1. The van der Waals surface area contributed by atoms with Crippen molar-refractivity contribution in [2.24, 2.45) is 4.99 Å². The van der Waals surface area contributed by atoms with Crippen LogP contribution in [0.15, 0.2) is 110 Å². The van der Waals surface area contributed by atoms with Crippen molar-refractivity contribution in [2.75, 3.05) is 5.32 Å². The summed E-state index contributed by atoms with van der Waals surface area (Å²) in [6.45, 7) is 1.70. The first-order valence-electron chi connectivity index (χ1n) is 11.1. The molecule has 1 aliphatic heterocycles. The van der Waals surface area contributed by atoms with Crippen molar-refractivity contribution in [3.63, 3.8) is 0 Å². The second-order valence-electron chi connectivity index (χ2n) is 8.16. The van der Waals surface area contributed by atoms with Gasteiger partial charge < -0.3 is 9.73 Å². The van der Waals surface area contributed by atoms with Crippen LogP contribution in [0.2, 0.25) is 0 Å². The minimum Gasteiger partial charge on any atom is -0.419 e. The number of aromatic nitrogens is 1. The molecule has 1 atom stereocenters. The molecule has 0 aliphatic carbocycles. The molecule has 1 aliphatic rings. The van der Waals surface area contributed by atoms with Gasteiger partial charge in [-0.2, -0.15) is 0 Å². The third-order valence-electron chi connectivity index (χ3n) is 5.81. The molecule has 9 nitrogen and oxygen atoms in total. The van der Waals surface area contributed by atoms with Gasteiger partial charge in [-0.3, -0.25) is 19.7 Å². The molecule has 1 N–H and O–H groups in total. The number of nitrogens with one attached hydrogen (secondary N) is 1. The molecule has 178 valence electrons. The van der Waals surface area contributed by atoms with E-state index in [9.17, 15) is 19.7 Å². The van der Waals surface area contributed by atoms with E-state index in [2.05, 4.69) is 10.3 Å². The fourth-order valence-corrected chi connectivity index (χ4v) is 4.13. The van der Waals surface area contributed by atoms with Gasteiger partial charge in [0.1, 0.15) is 0 Å². The summed E-state index contributed by atoms with van der Waals surface area (Å²) in [5, 5.41) is 13.8. The molecule has 1 amide bonds. The molecule has 36 heavy (non-hydrogen) atoms. The lowest BCUT2D eigenvalue weighted by Gasteiger charge is -2.24. The maximum absolute atomic E-state index is 13.5. The predicted octanol–water partition coefficient (Wildman–Crippen LogP) is 3.31. The van der Waals surface area contributed by atoms with Crippen LogP contribution in [-0.4, -0.2) is 15.4 Å². The number of amides is 1. The van der Waals surface area contributed by atoms with Crippen LogP contribution in [0, 0.1) is 10.1 Å². The Bertz CT molecular complexity index is 1670. The molecular formula is C27H20N4O5. The predicted molar refractivity (Wildman–Crippen MR) is 133 cm³/mol. The van der Waals surface area contributed by atoms with E-state index >= 15 is 0 Å². The zero-order valence-electron chi connectivity index (χ0n) is 19.1. The highest BCUT2D eigenvalue weighted by Gasteiger charge is 2.33. The number of oxazole rings is 1. The summed E-state index contributed by atoms with van der Waals surface area (Å²) in [6, 6.07) is 23.2. The van der Waals surface area contributed by atoms with Crippen LogP contribution in [0.25, 0.3) is 6.08 Å². The Morgan fingerprint density at radius 1 is 1.03 bits per heavy atom. The van der Waals surface area contributed by atoms with Crippen LogP contribution in [0.5, 0.6) is 0 Å². The monoisotopic (exact) mass is 480 g/mol. The normalized spacial score (nSPS) is 15.2. The molecule has 4 aromatic rings. The topological polar surface area (TPSA) is 120 Å². The molecule has 1 unspecified atom stereocenters. The Hall–Kier alpha value is -5.05. The number of nitro groups is 1. The van der Waals surface area contributed by atoms with Crippen molar-refractivity contribution in [3.05, 3.63) is 139 Å². The molecule has 9 heteroatoms. The van der Waals surface area contributed by atoms with Gasteiger partial charge in [0.25, 0.3) is 17.2 Å². The first kappa shape index (κ1) is 22.7. The molecule has 0 saturated heterocycles. The van der Waals surface area contributed by atoms with Crippen LogP contribution < -0.4 is 22.0 Å². The lowest BCUT2D eigenvalue weighted by atomic mass is 9.95. The number of para-hydroxylation sites is 1. The van der Waals surface area contributed by atoms with Gasteiger partial charge >= 0.3 is 5.68 Å². The van der Waals surface area contributed by atoms with Gasteiger partial charge in [0.05, 0.1) is 22.2 Å². The minimum absolute atomic E-state index is 0.000974. The zero-order chi connectivity index (χ0) is 25.2. The average molecular weight is 480 g/mol. The van der Waals surface area contributed by atoms with Crippen molar-refractivity contribution in [1.82, 2.24) is 4.57 Å². The number of fused-ring (bicyclic) bond motifs is 1. The first-order chi connectivity index (χ1) is 17.4. The Labute approximate surface area is 204 Å². The van der Waals surface area contributed by atoms with E-state index in [4.69, 9.17) is 4.42 Å². The van der Waals surface area contributed by atoms with Crippen molar-refractivity contribution in [1.29, 1.82) is 0 Å². The number of nitrogens with zero attached hydrogens (tertiary/aromatic N) is 3. The standard InChI is InChI=1S/C27H20N4O5/c1-17-23(25(32)29-20-10-6-3-7-11-20)24(19-8-4-2-5-9-19)30-26(33)22(36-27(30)28-17)16-18-12-14-21(15-13-18)31(34)35/h2-16,24H,1H3,(H,29,32)/b22-16-. The third-order valence-corrected chi connectivity index (χ3v) is 5.81. The van der Waals surface area contributed by atoms with E-state index in [-0.39, 0.29) is 22.7 Å². The fraction of sp³-hybridized carbons (Fsp3) is 0.0741. The summed E-state index contributed by atoms with van der Waals surface area (Å²) in [5.41, 5.74) is 2.16. The molecule has 0 spiro atoms. The molecule has 5 rings (SSSR count). The van der Waals surface area contributed by atoms with Crippen LogP contribution in [0.4, 0.5) is 11.4 Å². The highest BCUT2D eigenvalue weighted by molar-refractivity contribution is 6.05. The number of benzene rings is 3. The Morgan fingerprint density at radius 2 is 1.67 bits per heavy atom. The van der Waals surface area contributed by atoms with Crippen molar-refractivity contribution in [3.8, 4) is 0 Å². The number of anilines is 1. The Morgan fingerprint density at radius 3 is 2.31 bits per heavy atom. The van der Waals surface area contributed by atoms with Crippen LogP contribution >= 0.6 is 0 Å². The van der Waals surface area contributed by atoms with Gasteiger partial charge in [-0.25, -0.2) is 9.56 Å². The van der Waals surface area contributed by atoms with E-state index in [1.165, 1.54) is 34.9 Å². The number of rotatable bonds is 5. The molecule has 1 aromatic heterocycles. The van der Waals surface area contributed by atoms with E-state index in [0.717, 1.165) is 5.56 Å². The summed E-state index contributed by atoms with van der Waals surface area (Å²) in [5.74, 6) is -0.379. The molecule has 0 radical (unpaired) electrons. The first-order valence-corrected chi connectivity index (χ1v) is 11.1. The van der Waals surface area contributed by atoms with Gasteiger partial charge in [0, 0.05) is 17.8 Å². The van der Waals surface area contributed by atoms with Crippen molar-refractivity contribution < 1.29 is 14.1 Å². The van der Waals surface area contributed by atoms with Gasteiger partial charge in [-0.1, -0.05) is 48.5 Å². The summed E-state index contributed by atoms with van der Waals surface area (Å²) >= 11 is 0. The summed E-state index contributed by atoms with van der Waals surface area (Å²) in [7, 11) is 0. The Balaban J connectivity index is 1.63. The van der Waals surface area contributed by atoms with Crippen molar-refractivity contribution in [2.45, 2.75) is 13.0 Å². The molecule has 0 bridgehead atoms. The van der Waals surface area contributed by atoms with Crippen molar-refractivity contribution >= 4 is 23.4 Å². The number of non-ortho nitro benzene ring substituents is 1. The Kier molecular flexibility index (Phi) is 5.87. The van der Waals surface area contributed by atoms with Gasteiger partial charge in [0.15, 0.2) is 5.42 Å². The number of carbonyl (C=O) groups is 1. The van der Waals surface area contributed by atoms with Gasteiger partial charge in [-0.15, -0.1) is 0 Å². The van der Waals surface area contributed by atoms with E-state index in [1.807, 2.05) is 48.5 Å². The van der Waals surface area contributed by atoms with Crippen LogP contribution in [-0.2, 0) is 4.79 Å². The van der Waals surface area contributed by atoms with Crippen LogP contribution in [0.1, 0.15) is 24.1 Å². The summed E-state index contributed by atoms with van der Waals surface area (Å²) in [4.78, 5) is 41.8. The number of allylic oxidation sites excluding steroid dienone is 1. The van der Waals surface area contributed by atoms with Gasteiger partial charge in [0.2, 0.25) is 0 Å². The smallest absolute Gasteiger partial charge is 0.306 e. The van der Waals surface area contributed by atoms with E-state index < -0.39 is 16.5 Å². The van der Waals surface area contributed by atoms with E-state index in [1.54, 1.807) is 19.1 Å². The quantitative estimate of drug-likeness (QED) is 0.347. The SMILES string of the molecule is CC1=C(C(=O)Nc2ccccc2)C(c2ccccc2)n2c(o/c(=C\c3ccc([N+](=O)[O-])cc3)c2=O)=N1. The van der Waals surface area contributed by atoms with Crippen LogP contribution in [0.3, 0.4) is 0 Å². The minimum atomic E-state index is -0.766. The molecule has 3 aromatic carbocycles. The average Bonchev–Trinajstić information content (AvgIpc) is 3.18. The summed E-state index contributed by atoms with van der Waals surface area (Å²) in [6.07, 6.45) is 1.49. The number of nitro benzene ring substituents is 1. The lowest BCUT2D eigenvalue weighted by molar-refractivity contribution is -0.384. The zero-order valence-corrected chi connectivity index (χ0v) is 19.1. The number of hydrogen-bond donors (Lipinski definition) is 1. The largest absolute Gasteiger partial charge is 0.419 e. The highest BCUT2D eigenvalue weighted by Crippen LogP contribution is 2.30. The molecular weight excluding hydrogens is 460 g/mol. The number of hydrogen-bond acceptors (Lipinski definition) is 6. The second kappa shape index (κ2) is 9.30. The third kappa shape index (κ3) is 4.25. The molecule has 0 saturated carbocycles. The molecule has 0 fully saturated rings. The highest BCUT2D eigenvalue weighted by atomic mass is 16.6. The maximum atomic E-state index is 13.5. The van der Waals surface area contributed by atoms with E-state index in [0.29, 0.717) is 22.5 Å². The summed E-state index contributed by atoms with van der Waals surface area (Å²) < 4.78 is 7.18.